The van der Waals surface area contributed by atoms with E-state index in [9.17, 15) is 9.59 Å². The SMILES string of the molecule is Cc1cccc(Nc2nnc(C(=O)NC3CCC(C4CCC(CC(=O)O)CC4)CC3)o2)c1. The summed E-state index contributed by atoms with van der Waals surface area (Å²) in [5.41, 5.74) is 1.94. The molecule has 4 rings (SSSR count). The van der Waals surface area contributed by atoms with Gasteiger partial charge in [0.05, 0.1) is 0 Å². The second-order valence-corrected chi connectivity index (χ2v) is 9.37. The quantitative estimate of drug-likeness (QED) is 0.571. The van der Waals surface area contributed by atoms with Gasteiger partial charge in [0.1, 0.15) is 0 Å². The summed E-state index contributed by atoms with van der Waals surface area (Å²) >= 11 is 0. The number of aryl methyl sites for hydroxylation is 1. The summed E-state index contributed by atoms with van der Waals surface area (Å²) in [6, 6.07) is 8.11. The van der Waals surface area contributed by atoms with E-state index in [1.807, 2.05) is 31.2 Å². The second-order valence-electron chi connectivity index (χ2n) is 9.37. The van der Waals surface area contributed by atoms with Crippen LogP contribution in [-0.2, 0) is 4.79 Å². The lowest BCUT2D eigenvalue weighted by Gasteiger charge is -2.37. The lowest BCUT2D eigenvalue weighted by molar-refractivity contribution is -0.138. The zero-order valence-corrected chi connectivity index (χ0v) is 18.5. The Morgan fingerprint density at radius 1 is 1.03 bits per heavy atom. The fourth-order valence-corrected chi connectivity index (χ4v) is 5.30. The molecule has 0 bridgehead atoms. The molecule has 8 heteroatoms. The van der Waals surface area contributed by atoms with Crippen molar-refractivity contribution in [2.75, 3.05) is 5.32 Å². The number of amides is 1. The van der Waals surface area contributed by atoms with Crippen LogP contribution in [0.4, 0.5) is 11.7 Å². The molecule has 0 unspecified atom stereocenters. The van der Waals surface area contributed by atoms with Crippen molar-refractivity contribution in [1.29, 1.82) is 0 Å². The Bertz CT molecular complexity index is 928. The zero-order chi connectivity index (χ0) is 22.5. The highest BCUT2D eigenvalue weighted by atomic mass is 16.4. The first-order valence-corrected chi connectivity index (χ1v) is 11.7. The minimum absolute atomic E-state index is 0.0287. The summed E-state index contributed by atoms with van der Waals surface area (Å²) in [6.07, 6.45) is 8.75. The number of anilines is 2. The number of nitrogens with one attached hydrogen (secondary N) is 2. The largest absolute Gasteiger partial charge is 0.481 e. The number of hydrogen-bond donors (Lipinski definition) is 3. The van der Waals surface area contributed by atoms with E-state index in [0.29, 0.717) is 24.2 Å². The van der Waals surface area contributed by atoms with Crippen LogP contribution in [0.1, 0.15) is 74.0 Å². The van der Waals surface area contributed by atoms with Gasteiger partial charge < -0.3 is 20.2 Å². The maximum Gasteiger partial charge on any atom is 0.320 e. The van der Waals surface area contributed by atoms with E-state index in [2.05, 4.69) is 20.8 Å². The molecule has 8 nitrogen and oxygen atoms in total. The third kappa shape index (κ3) is 5.87. The van der Waals surface area contributed by atoms with Gasteiger partial charge in [0.2, 0.25) is 0 Å². The van der Waals surface area contributed by atoms with Gasteiger partial charge in [-0.3, -0.25) is 9.59 Å². The fraction of sp³-hybridized carbons (Fsp3) is 0.583. The number of carbonyl (C=O) groups excluding carboxylic acids is 1. The molecule has 2 aliphatic carbocycles. The van der Waals surface area contributed by atoms with E-state index in [-0.39, 0.29) is 23.9 Å². The Morgan fingerprint density at radius 3 is 2.38 bits per heavy atom. The Balaban J connectivity index is 1.21. The van der Waals surface area contributed by atoms with Crippen LogP contribution in [0.5, 0.6) is 0 Å². The molecule has 1 aromatic heterocycles. The standard InChI is InChI=1S/C24H32N4O4/c1-15-3-2-4-20(13-15)26-24-28-27-23(32-24)22(31)25-19-11-9-18(10-12-19)17-7-5-16(6-8-17)14-21(29)30/h2-4,13,16-19H,5-12,14H2,1H3,(H,25,31)(H,26,28)(H,29,30). The van der Waals surface area contributed by atoms with Gasteiger partial charge in [-0.15, -0.1) is 5.10 Å². The van der Waals surface area contributed by atoms with Gasteiger partial charge in [-0.1, -0.05) is 17.2 Å². The molecule has 1 heterocycles. The second kappa shape index (κ2) is 10.1. The Kier molecular flexibility index (Phi) is 7.07. The van der Waals surface area contributed by atoms with Crippen LogP contribution in [0.2, 0.25) is 0 Å². The van der Waals surface area contributed by atoms with Gasteiger partial charge >= 0.3 is 23.8 Å². The highest BCUT2D eigenvalue weighted by molar-refractivity contribution is 5.89. The third-order valence-corrected chi connectivity index (χ3v) is 7.02. The molecule has 0 aliphatic heterocycles. The highest BCUT2D eigenvalue weighted by Crippen LogP contribution is 2.40. The number of aromatic nitrogens is 2. The minimum Gasteiger partial charge on any atom is -0.481 e. The van der Waals surface area contributed by atoms with Gasteiger partial charge in [-0.05, 0) is 93.7 Å². The predicted octanol–water partition coefficient (Wildman–Crippen LogP) is 4.69. The Hall–Kier alpha value is -2.90. The van der Waals surface area contributed by atoms with E-state index < -0.39 is 5.97 Å². The van der Waals surface area contributed by atoms with Crippen molar-refractivity contribution >= 4 is 23.6 Å². The normalized spacial score (nSPS) is 25.8. The Labute approximate surface area is 188 Å². The third-order valence-electron chi connectivity index (χ3n) is 7.02. The van der Waals surface area contributed by atoms with Crippen LogP contribution in [-0.4, -0.2) is 33.2 Å². The average Bonchev–Trinajstić information content (AvgIpc) is 3.23. The number of carboxylic acids is 1. The molecule has 0 radical (unpaired) electrons. The van der Waals surface area contributed by atoms with Gasteiger partial charge in [-0.2, -0.15) is 0 Å². The molecule has 0 saturated heterocycles. The molecule has 0 spiro atoms. The van der Waals surface area contributed by atoms with Gasteiger partial charge in [0, 0.05) is 18.2 Å². The van der Waals surface area contributed by atoms with E-state index >= 15 is 0 Å². The van der Waals surface area contributed by atoms with Gasteiger partial charge in [0.25, 0.3) is 0 Å². The van der Waals surface area contributed by atoms with Crippen molar-refractivity contribution in [3.05, 3.63) is 35.7 Å². The molecule has 3 N–H and O–H groups in total. The molecule has 2 aromatic rings. The lowest BCUT2D eigenvalue weighted by atomic mass is 9.70. The van der Waals surface area contributed by atoms with Crippen LogP contribution in [0.15, 0.2) is 28.7 Å². The monoisotopic (exact) mass is 440 g/mol. The van der Waals surface area contributed by atoms with Crippen molar-refractivity contribution < 1.29 is 19.1 Å². The summed E-state index contributed by atoms with van der Waals surface area (Å²) in [7, 11) is 0. The summed E-state index contributed by atoms with van der Waals surface area (Å²) in [5.74, 6) is 0.694. The molecule has 172 valence electrons. The first-order valence-electron chi connectivity index (χ1n) is 11.7. The smallest absolute Gasteiger partial charge is 0.320 e. The maximum absolute atomic E-state index is 12.6. The van der Waals surface area contributed by atoms with E-state index in [0.717, 1.165) is 62.6 Å². The number of carboxylic acid groups (broad SMARTS) is 1. The topological polar surface area (TPSA) is 117 Å². The zero-order valence-electron chi connectivity index (χ0n) is 18.5. The molecule has 2 fully saturated rings. The van der Waals surface area contributed by atoms with E-state index in [1.165, 1.54) is 0 Å². The van der Waals surface area contributed by atoms with Gasteiger partial charge in [-0.25, -0.2) is 0 Å². The number of rotatable bonds is 7. The maximum atomic E-state index is 12.6. The first-order chi connectivity index (χ1) is 15.5. The predicted molar refractivity (Wildman–Crippen MR) is 120 cm³/mol. The van der Waals surface area contributed by atoms with Crippen LogP contribution in [0.25, 0.3) is 0 Å². The summed E-state index contributed by atoms with van der Waals surface area (Å²) in [6.45, 7) is 2.00. The highest BCUT2D eigenvalue weighted by Gasteiger charge is 2.32. The Morgan fingerprint density at radius 2 is 1.72 bits per heavy atom. The molecule has 1 aromatic carbocycles. The number of nitrogens with zero attached hydrogens (tertiary/aromatic N) is 2. The van der Waals surface area contributed by atoms with Crippen molar-refractivity contribution in [2.24, 2.45) is 17.8 Å². The molecule has 2 saturated carbocycles. The number of hydrogen-bond acceptors (Lipinski definition) is 6. The number of carbonyl (C=O) groups is 2. The van der Waals surface area contributed by atoms with Gasteiger partial charge in [0.15, 0.2) is 0 Å². The fourth-order valence-electron chi connectivity index (χ4n) is 5.30. The summed E-state index contributed by atoms with van der Waals surface area (Å²) in [4.78, 5) is 23.5. The molecule has 2 aliphatic rings. The van der Waals surface area contributed by atoms with E-state index in [4.69, 9.17) is 9.52 Å². The van der Waals surface area contributed by atoms with E-state index in [1.54, 1.807) is 0 Å². The number of aliphatic carboxylic acids is 1. The van der Waals surface area contributed by atoms with Crippen molar-refractivity contribution in [1.82, 2.24) is 15.5 Å². The molecule has 0 atom stereocenters. The molecule has 32 heavy (non-hydrogen) atoms. The van der Waals surface area contributed by atoms with Crippen LogP contribution >= 0.6 is 0 Å². The molecule has 1 amide bonds. The van der Waals surface area contributed by atoms with Crippen molar-refractivity contribution in [2.45, 2.75) is 70.8 Å². The molecular formula is C24H32N4O4. The minimum atomic E-state index is -0.677. The number of benzene rings is 1. The molecular weight excluding hydrogens is 408 g/mol. The first kappa shape index (κ1) is 22.3. The van der Waals surface area contributed by atoms with Crippen molar-refractivity contribution in [3.63, 3.8) is 0 Å². The average molecular weight is 441 g/mol. The van der Waals surface area contributed by atoms with Crippen LogP contribution in [0, 0.1) is 24.7 Å². The summed E-state index contributed by atoms with van der Waals surface area (Å²) < 4.78 is 5.50. The lowest BCUT2D eigenvalue weighted by Crippen LogP contribution is -2.39. The van der Waals surface area contributed by atoms with Crippen molar-refractivity contribution in [3.8, 4) is 0 Å². The summed E-state index contributed by atoms with van der Waals surface area (Å²) in [5, 5.41) is 22.9. The van der Waals surface area contributed by atoms with Crippen LogP contribution in [0.3, 0.4) is 0 Å². The van der Waals surface area contributed by atoms with Crippen LogP contribution < -0.4 is 10.6 Å².